The molecule has 5 rings (SSSR count). The highest BCUT2D eigenvalue weighted by molar-refractivity contribution is 5.82. The Morgan fingerprint density at radius 3 is 2.68 bits per heavy atom. The third-order valence-electron chi connectivity index (χ3n) is 7.07. The number of para-hydroxylation sites is 1. The number of fused-ring (bicyclic) bond motifs is 3. The fourth-order valence-corrected chi connectivity index (χ4v) is 5.52. The van der Waals surface area contributed by atoms with Crippen LogP contribution in [0.1, 0.15) is 50.8 Å². The Morgan fingerprint density at radius 2 is 1.86 bits per heavy atom. The molecule has 1 amide bonds. The predicted octanol–water partition coefficient (Wildman–Crippen LogP) is 3.52. The molecule has 0 saturated heterocycles. The summed E-state index contributed by atoms with van der Waals surface area (Å²) in [5.74, 6) is 1.90. The van der Waals surface area contributed by atoms with Gasteiger partial charge < -0.3 is 10.3 Å². The quantitative estimate of drug-likeness (QED) is 0.804. The average Bonchev–Trinajstić information content (AvgIpc) is 3.31. The number of aromatic amines is 1. The Morgan fingerprint density at radius 1 is 1.11 bits per heavy atom. The van der Waals surface area contributed by atoms with Crippen molar-refractivity contribution in [3.05, 3.63) is 52.6 Å². The van der Waals surface area contributed by atoms with Crippen molar-refractivity contribution in [3.63, 3.8) is 0 Å². The topological polar surface area (TPSA) is 74.8 Å². The Bertz CT molecular complexity index is 987. The number of allylic oxidation sites excluding steroid dienone is 2. The van der Waals surface area contributed by atoms with Gasteiger partial charge in [-0.05, 0) is 62.0 Å². The van der Waals surface area contributed by atoms with Gasteiger partial charge in [-0.2, -0.15) is 0 Å². The first-order chi connectivity index (χ1) is 13.6. The van der Waals surface area contributed by atoms with Crippen molar-refractivity contribution in [3.8, 4) is 0 Å². The molecule has 146 valence electrons. The highest BCUT2D eigenvalue weighted by atomic mass is 16.2. The second kappa shape index (κ2) is 6.87. The Balaban J connectivity index is 1.44. The second-order valence-electron chi connectivity index (χ2n) is 8.93. The first-order valence-electron chi connectivity index (χ1n) is 10.6. The number of rotatable bonds is 3. The predicted molar refractivity (Wildman–Crippen MR) is 109 cm³/mol. The minimum Gasteiger partial charge on any atom is -0.353 e. The standard InChI is InChI=1S/C23H27N3O2/c1-13-6-10-16(11-7-13)24-23(28)20-15-9-8-14(12-15)19(20)21-25-18-5-3-2-4-17(18)22(27)26-21/h2-5,8-9,13-16,19-20H,6-7,10-12H2,1H3,(H,24,28)(H,25,26,27)/t13?,14-,15-,16?,19+,20-/m1/s1. The van der Waals surface area contributed by atoms with Crippen LogP contribution in [0.15, 0.2) is 41.2 Å². The first kappa shape index (κ1) is 17.7. The van der Waals surface area contributed by atoms with E-state index >= 15 is 0 Å². The average molecular weight is 377 g/mol. The van der Waals surface area contributed by atoms with E-state index in [2.05, 4.69) is 29.4 Å². The van der Waals surface area contributed by atoms with E-state index in [0.717, 1.165) is 25.2 Å². The van der Waals surface area contributed by atoms with Gasteiger partial charge in [-0.25, -0.2) is 4.98 Å². The van der Waals surface area contributed by atoms with Crippen LogP contribution in [0.25, 0.3) is 10.9 Å². The van der Waals surface area contributed by atoms with Gasteiger partial charge in [0, 0.05) is 12.0 Å². The fourth-order valence-electron chi connectivity index (χ4n) is 5.52. The van der Waals surface area contributed by atoms with Crippen molar-refractivity contribution in [2.45, 2.75) is 51.0 Å². The van der Waals surface area contributed by atoms with Gasteiger partial charge in [0.05, 0.1) is 16.8 Å². The molecule has 0 aliphatic heterocycles. The Labute approximate surface area is 164 Å². The lowest BCUT2D eigenvalue weighted by molar-refractivity contribution is -0.127. The highest BCUT2D eigenvalue weighted by Crippen LogP contribution is 2.52. The zero-order valence-corrected chi connectivity index (χ0v) is 16.2. The Kier molecular flexibility index (Phi) is 4.33. The summed E-state index contributed by atoms with van der Waals surface area (Å²) in [6, 6.07) is 7.69. The summed E-state index contributed by atoms with van der Waals surface area (Å²) >= 11 is 0. The minimum absolute atomic E-state index is 0.0465. The van der Waals surface area contributed by atoms with Crippen LogP contribution in [0.4, 0.5) is 0 Å². The van der Waals surface area contributed by atoms with Crippen molar-refractivity contribution in [1.82, 2.24) is 15.3 Å². The molecule has 3 aliphatic carbocycles. The first-order valence-corrected chi connectivity index (χ1v) is 10.6. The Hall–Kier alpha value is -2.43. The molecule has 1 aromatic heterocycles. The van der Waals surface area contributed by atoms with E-state index in [9.17, 15) is 9.59 Å². The smallest absolute Gasteiger partial charge is 0.258 e. The molecule has 28 heavy (non-hydrogen) atoms. The molecule has 0 radical (unpaired) electrons. The molecule has 0 spiro atoms. The molecule has 0 unspecified atom stereocenters. The van der Waals surface area contributed by atoms with E-state index in [1.54, 1.807) is 6.07 Å². The number of aromatic nitrogens is 2. The van der Waals surface area contributed by atoms with Crippen LogP contribution in [0.5, 0.6) is 0 Å². The molecule has 2 bridgehead atoms. The zero-order chi connectivity index (χ0) is 19.3. The summed E-state index contributed by atoms with van der Waals surface area (Å²) in [7, 11) is 0. The van der Waals surface area contributed by atoms with Crippen LogP contribution in [0.2, 0.25) is 0 Å². The molecule has 2 saturated carbocycles. The van der Waals surface area contributed by atoms with E-state index in [1.807, 2.05) is 18.2 Å². The third-order valence-corrected chi connectivity index (χ3v) is 7.07. The maximum Gasteiger partial charge on any atom is 0.258 e. The number of nitrogens with zero attached hydrogens (tertiary/aromatic N) is 1. The van der Waals surface area contributed by atoms with Gasteiger partial charge in [0.25, 0.3) is 5.56 Å². The SMILES string of the molecule is CC1CCC(NC(=O)[C@H]2[C@@H](c3nc4ccccc4c(=O)[nH]3)[C@@H]3C=C[C@@H]2C3)CC1. The van der Waals surface area contributed by atoms with Gasteiger partial charge in [-0.1, -0.05) is 31.2 Å². The van der Waals surface area contributed by atoms with E-state index < -0.39 is 0 Å². The lowest BCUT2D eigenvalue weighted by Gasteiger charge is -2.31. The maximum absolute atomic E-state index is 13.3. The molecule has 5 nitrogen and oxygen atoms in total. The second-order valence-corrected chi connectivity index (χ2v) is 8.93. The molecule has 2 aromatic rings. The number of H-pyrrole nitrogens is 1. The lowest BCUT2D eigenvalue weighted by Crippen LogP contribution is -2.43. The van der Waals surface area contributed by atoms with Crippen LogP contribution in [-0.4, -0.2) is 21.9 Å². The summed E-state index contributed by atoms with van der Waals surface area (Å²) in [5.41, 5.74) is 0.584. The summed E-state index contributed by atoms with van der Waals surface area (Å²) in [6.45, 7) is 2.29. The van der Waals surface area contributed by atoms with E-state index in [0.29, 0.717) is 16.7 Å². The summed E-state index contributed by atoms with van der Waals surface area (Å²) in [5, 5.41) is 3.92. The molecule has 1 aromatic carbocycles. The number of benzene rings is 1. The van der Waals surface area contributed by atoms with Crippen LogP contribution >= 0.6 is 0 Å². The van der Waals surface area contributed by atoms with Crippen molar-refractivity contribution in [2.24, 2.45) is 23.7 Å². The van der Waals surface area contributed by atoms with Gasteiger partial charge >= 0.3 is 0 Å². The zero-order valence-electron chi connectivity index (χ0n) is 16.2. The number of hydrogen-bond donors (Lipinski definition) is 2. The van der Waals surface area contributed by atoms with Crippen LogP contribution < -0.4 is 10.9 Å². The van der Waals surface area contributed by atoms with Gasteiger partial charge in [-0.15, -0.1) is 0 Å². The van der Waals surface area contributed by atoms with E-state index in [1.165, 1.54) is 12.8 Å². The molecular weight excluding hydrogens is 350 g/mol. The monoisotopic (exact) mass is 377 g/mol. The number of carbonyl (C=O) groups is 1. The van der Waals surface area contributed by atoms with Crippen molar-refractivity contribution >= 4 is 16.8 Å². The highest BCUT2D eigenvalue weighted by Gasteiger charge is 2.50. The van der Waals surface area contributed by atoms with E-state index in [-0.39, 0.29) is 41.2 Å². The number of carbonyl (C=O) groups excluding carboxylic acids is 1. The van der Waals surface area contributed by atoms with Gasteiger partial charge in [-0.3, -0.25) is 9.59 Å². The van der Waals surface area contributed by atoms with Crippen LogP contribution in [-0.2, 0) is 4.79 Å². The van der Waals surface area contributed by atoms with Crippen molar-refractivity contribution in [2.75, 3.05) is 0 Å². The number of hydrogen-bond acceptors (Lipinski definition) is 3. The van der Waals surface area contributed by atoms with Crippen LogP contribution in [0, 0.1) is 23.7 Å². The summed E-state index contributed by atoms with van der Waals surface area (Å²) in [4.78, 5) is 33.6. The molecular formula is C23H27N3O2. The van der Waals surface area contributed by atoms with Gasteiger partial charge in [0.15, 0.2) is 0 Å². The third kappa shape index (κ3) is 2.97. The maximum atomic E-state index is 13.3. The summed E-state index contributed by atoms with van der Waals surface area (Å²) < 4.78 is 0. The fraction of sp³-hybridized carbons (Fsp3) is 0.522. The molecule has 2 fully saturated rings. The van der Waals surface area contributed by atoms with Crippen LogP contribution in [0.3, 0.4) is 0 Å². The number of nitrogens with one attached hydrogen (secondary N) is 2. The van der Waals surface area contributed by atoms with E-state index in [4.69, 9.17) is 4.98 Å². The normalized spacial score (nSPS) is 34.0. The molecule has 2 N–H and O–H groups in total. The van der Waals surface area contributed by atoms with Crippen molar-refractivity contribution < 1.29 is 4.79 Å². The minimum atomic E-state index is -0.140. The van der Waals surface area contributed by atoms with Crippen molar-refractivity contribution in [1.29, 1.82) is 0 Å². The van der Waals surface area contributed by atoms with Gasteiger partial charge in [0.2, 0.25) is 5.91 Å². The molecule has 4 atom stereocenters. The number of amides is 1. The lowest BCUT2D eigenvalue weighted by atomic mass is 9.81. The molecule has 5 heteroatoms. The molecule has 3 aliphatic rings. The molecule has 1 heterocycles. The largest absolute Gasteiger partial charge is 0.353 e. The summed E-state index contributed by atoms with van der Waals surface area (Å²) in [6.07, 6.45) is 9.87. The van der Waals surface area contributed by atoms with Gasteiger partial charge in [0.1, 0.15) is 5.82 Å².